The highest BCUT2D eigenvalue weighted by Gasteiger charge is 2.34. The fraction of sp³-hybridized carbons (Fsp3) is 0.400. The van der Waals surface area contributed by atoms with E-state index in [0.29, 0.717) is 32.5 Å². The Morgan fingerprint density at radius 3 is 2.44 bits per heavy atom. The molecular formula is C20H23N3O3S. The minimum atomic E-state index is -3.53. The van der Waals surface area contributed by atoms with Gasteiger partial charge in [0.2, 0.25) is 15.9 Å². The van der Waals surface area contributed by atoms with Crippen molar-refractivity contribution < 1.29 is 13.2 Å². The minimum Gasteiger partial charge on any atom is -0.338 e. The Bertz CT molecular complexity index is 922. The topological polar surface area (TPSA) is 70.6 Å². The molecule has 7 heteroatoms. The van der Waals surface area contributed by atoms with E-state index in [4.69, 9.17) is 0 Å². The lowest BCUT2D eigenvalue weighted by molar-refractivity contribution is -0.137. The standard InChI is InChI=1S/C20H23N3O3S/c24-20(22-11-7-16-4-1-2-5-18(16)15-22)17-8-12-23(13-9-17)27(25,26)19-6-3-10-21-14-19/h1-6,10,14,17H,7-9,11-13,15H2. The summed E-state index contributed by atoms with van der Waals surface area (Å²) in [4.78, 5) is 19.0. The smallest absolute Gasteiger partial charge is 0.244 e. The van der Waals surface area contributed by atoms with Crippen molar-refractivity contribution in [2.75, 3.05) is 19.6 Å². The molecule has 0 saturated carbocycles. The highest BCUT2D eigenvalue weighted by atomic mass is 32.2. The third kappa shape index (κ3) is 3.61. The quantitative estimate of drug-likeness (QED) is 0.811. The van der Waals surface area contributed by atoms with Gasteiger partial charge < -0.3 is 4.90 Å². The fourth-order valence-corrected chi connectivity index (χ4v) is 5.37. The summed E-state index contributed by atoms with van der Waals surface area (Å²) in [5, 5.41) is 0. The normalized spacial score (nSPS) is 18.9. The molecule has 0 aliphatic carbocycles. The number of hydrogen-bond acceptors (Lipinski definition) is 4. The molecular weight excluding hydrogens is 362 g/mol. The van der Waals surface area contributed by atoms with Gasteiger partial charge in [0.05, 0.1) is 0 Å². The number of benzene rings is 1. The summed E-state index contributed by atoms with van der Waals surface area (Å²) >= 11 is 0. The average Bonchev–Trinajstić information content (AvgIpc) is 2.73. The molecule has 1 fully saturated rings. The first-order valence-electron chi connectivity index (χ1n) is 9.31. The van der Waals surface area contributed by atoms with Crippen molar-refractivity contribution in [1.82, 2.24) is 14.2 Å². The number of carbonyl (C=O) groups is 1. The summed E-state index contributed by atoms with van der Waals surface area (Å²) in [7, 11) is -3.53. The van der Waals surface area contributed by atoms with Gasteiger partial charge in [-0.3, -0.25) is 9.78 Å². The van der Waals surface area contributed by atoms with E-state index < -0.39 is 10.0 Å². The molecule has 27 heavy (non-hydrogen) atoms. The van der Waals surface area contributed by atoms with Crippen LogP contribution in [-0.2, 0) is 27.8 Å². The number of pyridine rings is 1. The number of carbonyl (C=O) groups excluding carboxylic acids is 1. The van der Waals surface area contributed by atoms with Gasteiger partial charge in [-0.1, -0.05) is 24.3 Å². The SMILES string of the molecule is O=C(C1CCN(S(=O)(=O)c2cccnc2)CC1)N1CCc2ccccc2C1. The van der Waals surface area contributed by atoms with Crippen molar-refractivity contribution in [3.05, 3.63) is 59.9 Å². The van der Waals surface area contributed by atoms with Crippen LogP contribution in [0.2, 0.25) is 0 Å². The highest BCUT2D eigenvalue weighted by molar-refractivity contribution is 7.89. The largest absolute Gasteiger partial charge is 0.338 e. The lowest BCUT2D eigenvalue weighted by atomic mass is 9.94. The Kier molecular flexibility index (Phi) is 4.97. The molecule has 1 aromatic carbocycles. The summed E-state index contributed by atoms with van der Waals surface area (Å²) in [6.07, 6.45) is 4.95. The number of hydrogen-bond donors (Lipinski definition) is 0. The van der Waals surface area contributed by atoms with Gasteiger partial charge in [-0.05, 0) is 42.5 Å². The van der Waals surface area contributed by atoms with E-state index in [1.807, 2.05) is 17.0 Å². The van der Waals surface area contributed by atoms with Crippen molar-refractivity contribution >= 4 is 15.9 Å². The van der Waals surface area contributed by atoms with Crippen molar-refractivity contribution in [2.24, 2.45) is 5.92 Å². The van der Waals surface area contributed by atoms with Crippen molar-refractivity contribution in [2.45, 2.75) is 30.7 Å². The van der Waals surface area contributed by atoms with Gasteiger partial charge in [0, 0.05) is 44.5 Å². The van der Waals surface area contributed by atoms with E-state index in [-0.39, 0.29) is 16.7 Å². The monoisotopic (exact) mass is 385 g/mol. The first kappa shape index (κ1) is 18.1. The molecule has 0 spiro atoms. The maximum Gasteiger partial charge on any atom is 0.244 e. The van der Waals surface area contributed by atoms with Gasteiger partial charge in [0.15, 0.2) is 0 Å². The molecule has 0 unspecified atom stereocenters. The summed E-state index contributed by atoms with van der Waals surface area (Å²) < 4.78 is 26.9. The number of piperidine rings is 1. The van der Waals surface area contributed by atoms with E-state index in [1.165, 1.54) is 21.6 Å². The lowest BCUT2D eigenvalue weighted by Gasteiger charge is -2.35. The summed E-state index contributed by atoms with van der Waals surface area (Å²) in [6.45, 7) is 2.14. The zero-order valence-electron chi connectivity index (χ0n) is 15.1. The van der Waals surface area contributed by atoms with Crippen LogP contribution in [0.25, 0.3) is 0 Å². The van der Waals surface area contributed by atoms with Gasteiger partial charge >= 0.3 is 0 Å². The Labute approximate surface area is 159 Å². The second-order valence-electron chi connectivity index (χ2n) is 7.15. The average molecular weight is 385 g/mol. The van der Waals surface area contributed by atoms with Crippen molar-refractivity contribution in [3.8, 4) is 0 Å². The molecule has 0 radical (unpaired) electrons. The van der Waals surface area contributed by atoms with Crippen LogP contribution in [0.5, 0.6) is 0 Å². The van der Waals surface area contributed by atoms with Crippen LogP contribution in [0.15, 0.2) is 53.7 Å². The minimum absolute atomic E-state index is 0.101. The van der Waals surface area contributed by atoms with E-state index in [1.54, 1.807) is 18.3 Å². The van der Waals surface area contributed by atoms with Gasteiger partial charge in [0.25, 0.3) is 0 Å². The Morgan fingerprint density at radius 1 is 1.00 bits per heavy atom. The van der Waals surface area contributed by atoms with Crippen LogP contribution in [-0.4, -0.2) is 48.1 Å². The van der Waals surface area contributed by atoms with E-state index >= 15 is 0 Å². The van der Waals surface area contributed by atoms with Crippen LogP contribution in [0, 0.1) is 5.92 Å². The van der Waals surface area contributed by atoms with Gasteiger partial charge in [0.1, 0.15) is 4.90 Å². The van der Waals surface area contributed by atoms with Crippen molar-refractivity contribution in [3.63, 3.8) is 0 Å². The van der Waals surface area contributed by atoms with Crippen LogP contribution in [0.3, 0.4) is 0 Å². The second kappa shape index (κ2) is 7.40. The predicted octanol–water partition coefficient (Wildman–Crippen LogP) is 2.07. The van der Waals surface area contributed by atoms with E-state index in [2.05, 4.69) is 17.1 Å². The Morgan fingerprint density at radius 2 is 1.74 bits per heavy atom. The molecule has 0 atom stereocenters. The molecule has 2 aliphatic rings. The number of sulfonamides is 1. The van der Waals surface area contributed by atoms with Crippen molar-refractivity contribution in [1.29, 1.82) is 0 Å². The molecule has 0 N–H and O–H groups in total. The van der Waals surface area contributed by atoms with Crippen LogP contribution < -0.4 is 0 Å². The molecule has 1 saturated heterocycles. The third-order valence-electron chi connectivity index (χ3n) is 5.52. The van der Waals surface area contributed by atoms with Crippen LogP contribution in [0.1, 0.15) is 24.0 Å². The second-order valence-corrected chi connectivity index (χ2v) is 9.08. The van der Waals surface area contributed by atoms with E-state index in [0.717, 1.165) is 13.0 Å². The molecule has 6 nitrogen and oxygen atoms in total. The molecule has 142 valence electrons. The Balaban J connectivity index is 1.39. The maximum atomic E-state index is 12.9. The van der Waals surface area contributed by atoms with E-state index in [9.17, 15) is 13.2 Å². The number of aromatic nitrogens is 1. The molecule has 0 bridgehead atoms. The summed E-state index contributed by atoms with van der Waals surface area (Å²) in [6, 6.07) is 11.4. The molecule has 4 rings (SSSR count). The van der Waals surface area contributed by atoms with Gasteiger partial charge in [-0.15, -0.1) is 0 Å². The predicted molar refractivity (Wildman–Crippen MR) is 101 cm³/mol. The van der Waals surface area contributed by atoms with Gasteiger partial charge in [-0.2, -0.15) is 4.31 Å². The maximum absolute atomic E-state index is 12.9. The Hall–Kier alpha value is -2.25. The zero-order valence-corrected chi connectivity index (χ0v) is 15.9. The molecule has 1 aromatic heterocycles. The summed E-state index contributed by atoms with van der Waals surface area (Å²) in [5.41, 5.74) is 2.53. The molecule has 3 heterocycles. The first-order valence-corrected chi connectivity index (χ1v) is 10.8. The number of nitrogens with zero attached hydrogens (tertiary/aromatic N) is 3. The zero-order chi connectivity index (χ0) is 18.9. The third-order valence-corrected chi connectivity index (χ3v) is 7.40. The molecule has 1 amide bonds. The highest BCUT2D eigenvalue weighted by Crippen LogP contribution is 2.27. The van der Waals surface area contributed by atoms with Crippen LogP contribution in [0.4, 0.5) is 0 Å². The lowest BCUT2D eigenvalue weighted by Crippen LogP contribution is -2.45. The number of rotatable bonds is 3. The first-order chi connectivity index (χ1) is 13.1. The van der Waals surface area contributed by atoms with Crippen LogP contribution >= 0.6 is 0 Å². The molecule has 2 aliphatic heterocycles. The summed E-state index contributed by atoms with van der Waals surface area (Å²) in [5.74, 6) is 0.0542. The molecule has 2 aromatic rings. The van der Waals surface area contributed by atoms with Gasteiger partial charge in [-0.25, -0.2) is 8.42 Å². The number of fused-ring (bicyclic) bond motifs is 1. The fourth-order valence-electron chi connectivity index (χ4n) is 3.93. The number of amides is 1.